The fourth-order valence-corrected chi connectivity index (χ4v) is 2.89. The molecule has 1 atom stereocenters. The summed E-state index contributed by atoms with van der Waals surface area (Å²) in [4.78, 5) is 14.9. The van der Waals surface area contributed by atoms with Crippen LogP contribution in [0.15, 0.2) is 18.2 Å². The molecule has 1 aliphatic heterocycles. The largest absolute Gasteiger partial charge is 0.393 e. The van der Waals surface area contributed by atoms with Crippen LogP contribution in [0.1, 0.15) is 19.8 Å². The molecule has 110 valence electrons. The third-order valence-corrected chi connectivity index (χ3v) is 4.04. The maximum atomic E-state index is 10.8. The minimum Gasteiger partial charge on any atom is -0.393 e. The Morgan fingerprint density at radius 1 is 1.55 bits per heavy atom. The van der Waals surface area contributed by atoms with Crippen LogP contribution in [0.25, 0.3) is 0 Å². The predicted molar refractivity (Wildman–Crippen MR) is 81.0 cm³/mol. The topological polar surface area (TPSA) is 75.6 Å². The van der Waals surface area contributed by atoms with Gasteiger partial charge in [0.25, 0.3) is 5.69 Å². The molecule has 1 fully saturated rings. The highest BCUT2D eigenvalue weighted by molar-refractivity contribution is 5.66. The Kier molecular flexibility index (Phi) is 4.44. The third kappa shape index (κ3) is 3.01. The van der Waals surface area contributed by atoms with Crippen LogP contribution < -0.4 is 10.6 Å². The van der Waals surface area contributed by atoms with Crippen molar-refractivity contribution in [2.45, 2.75) is 25.8 Å². The van der Waals surface area contributed by atoms with E-state index in [0.29, 0.717) is 6.04 Å². The average molecular weight is 278 g/mol. The molecule has 1 saturated heterocycles. The molecule has 0 bridgehead atoms. The Labute approximate surface area is 119 Å². The van der Waals surface area contributed by atoms with E-state index in [1.165, 1.54) is 18.9 Å². The fraction of sp³-hybridized carbons (Fsp3) is 0.571. The van der Waals surface area contributed by atoms with Crippen molar-refractivity contribution in [1.82, 2.24) is 4.90 Å². The number of nitrogens with zero attached hydrogens (tertiary/aromatic N) is 3. The van der Waals surface area contributed by atoms with Gasteiger partial charge in [-0.05, 0) is 38.1 Å². The molecule has 6 nitrogen and oxygen atoms in total. The molecular weight excluding hydrogens is 256 g/mol. The number of hydrogen-bond donors (Lipinski definition) is 1. The second kappa shape index (κ2) is 6.09. The van der Waals surface area contributed by atoms with Crippen LogP contribution in [-0.2, 0) is 0 Å². The van der Waals surface area contributed by atoms with Crippen LogP contribution in [0.3, 0.4) is 0 Å². The van der Waals surface area contributed by atoms with Crippen molar-refractivity contribution in [2.75, 3.05) is 37.3 Å². The summed E-state index contributed by atoms with van der Waals surface area (Å²) in [6, 6.07) is 5.48. The van der Waals surface area contributed by atoms with Crippen molar-refractivity contribution >= 4 is 17.1 Å². The van der Waals surface area contributed by atoms with Crippen LogP contribution >= 0.6 is 0 Å². The zero-order valence-electron chi connectivity index (χ0n) is 12.1. The summed E-state index contributed by atoms with van der Waals surface area (Å²) >= 11 is 0. The van der Waals surface area contributed by atoms with Gasteiger partial charge >= 0.3 is 0 Å². The van der Waals surface area contributed by atoms with Gasteiger partial charge < -0.3 is 10.6 Å². The lowest BCUT2D eigenvalue weighted by Gasteiger charge is -2.29. The van der Waals surface area contributed by atoms with Gasteiger partial charge in [0.05, 0.1) is 4.92 Å². The number of nitro groups is 1. The minimum atomic E-state index is -0.450. The lowest BCUT2D eigenvalue weighted by atomic mass is 10.2. The van der Waals surface area contributed by atoms with E-state index in [1.807, 2.05) is 7.05 Å². The van der Waals surface area contributed by atoms with Gasteiger partial charge in [-0.15, -0.1) is 0 Å². The molecule has 0 saturated carbocycles. The van der Waals surface area contributed by atoms with E-state index >= 15 is 0 Å². The molecule has 0 amide bonds. The van der Waals surface area contributed by atoms with Crippen LogP contribution in [-0.4, -0.2) is 42.5 Å². The van der Waals surface area contributed by atoms with Gasteiger partial charge in [0.15, 0.2) is 0 Å². The number of rotatable bonds is 5. The molecule has 6 heteroatoms. The molecule has 1 aromatic carbocycles. The number of nitro benzene ring substituents is 1. The quantitative estimate of drug-likeness (QED) is 0.507. The molecule has 2 N–H and O–H groups in total. The Morgan fingerprint density at radius 3 is 2.90 bits per heavy atom. The molecule has 1 aliphatic rings. The van der Waals surface area contributed by atoms with Gasteiger partial charge in [-0.25, -0.2) is 0 Å². The van der Waals surface area contributed by atoms with E-state index in [9.17, 15) is 10.1 Å². The smallest absolute Gasteiger partial charge is 0.292 e. The van der Waals surface area contributed by atoms with E-state index in [4.69, 9.17) is 5.73 Å². The summed E-state index contributed by atoms with van der Waals surface area (Å²) in [6.45, 7) is 5.34. The lowest BCUT2D eigenvalue weighted by molar-refractivity contribution is -0.383. The number of likely N-dealkylation sites (N-methyl/N-ethyl adjacent to an activating group) is 2. The molecule has 0 aliphatic carbocycles. The van der Waals surface area contributed by atoms with Gasteiger partial charge in [-0.1, -0.05) is 6.92 Å². The molecule has 1 aromatic rings. The van der Waals surface area contributed by atoms with Crippen LogP contribution in [0, 0.1) is 10.1 Å². The molecule has 2 rings (SSSR count). The minimum absolute atomic E-state index is 0.0294. The first kappa shape index (κ1) is 14.6. The predicted octanol–water partition coefficient (Wildman–Crippen LogP) is 2.10. The second-order valence-corrected chi connectivity index (χ2v) is 5.31. The van der Waals surface area contributed by atoms with Gasteiger partial charge in [0.1, 0.15) is 5.69 Å². The summed E-state index contributed by atoms with van der Waals surface area (Å²) in [6.07, 6.45) is 2.45. The third-order valence-electron chi connectivity index (χ3n) is 4.04. The van der Waals surface area contributed by atoms with E-state index in [2.05, 4.69) is 16.7 Å². The fourth-order valence-electron chi connectivity index (χ4n) is 2.89. The highest BCUT2D eigenvalue weighted by atomic mass is 16.6. The molecule has 0 radical (unpaired) electrons. The summed E-state index contributed by atoms with van der Waals surface area (Å²) in [5.41, 5.74) is 6.86. The summed E-state index contributed by atoms with van der Waals surface area (Å²) in [7, 11) is 2.01. The average Bonchev–Trinajstić information content (AvgIpc) is 2.85. The molecule has 1 unspecified atom stereocenters. The second-order valence-electron chi connectivity index (χ2n) is 5.31. The SMILES string of the molecule is CCN1CCCC1CN(C)c1ccc([N+](=O)[O-])c(N)c1. The van der Waals surface area contributed by atoms with Crippen molar-refractivity contribution < 1.29 is 4.92 Å². The van der Waals surface area contributed by atoms with Crippen LogP contribution in [0.2, 0.25) is 0 Å². The maximum absolute atomic E-state index is 10.8. The molecule has 0 spiro atoms. The van der Waals surface area contributed by atoms with Gasteiger partial charge in [-0.2, -0.15) is 0 Å². The van der Waals surface area contributed by atoms with Gasteiger partial charge in [-0.3, -0.25) is 15.0 Å². The summed E-state index contributed by atoms with van der Waals surface area (Å²) in [5.74, 6) is 0. The first-order chi connectivity index (χ1) is 9.52. The number of likely N-dealkylation sites (tertiary alicyclic amines) is 1. The monoisotopic (exact) mass is 278 g/mol. The Balaban J connectivity index is 2.07. The van der Waals surface area contributed by atoms with Crippen molar-refractivity contribution in [3.05, 3.63) is 28.3 Å². The Bertz CT molecular complexity index is 492. The van der Waals surface area contributed by atoms with Crippen LogP contribution in [0.5, 0.6) is 0 Å². The van der Waals surface area contributed by atoms with Gasteiger partial charge in [0, 0.05) is 31.4 Å². The first-order valence-corrected chi connectivity index (χ1v) is 7.02. The van der Waals surface area contributed by atoms with E-state index in [1.54, 1.807) is 12.1 Å². The van der Waals surface area contributed by atoms with Crippen molar-refractivity contribution in [3.63, 3.8) is 0 Å². The highest BCUT2D eigenvalue weighted by Gasteiger charge is 2.24. The zero-order valence-corrected chi connectivity index (χ0v) is 12.1. The first-order valence-electron chi connectivity index (χ1n) is 7.02. The molecule has 20 heavy (non-hydrogen) atoms. The van der Waals surface area contributed by atoms with E-state index in [0.717, 1.165) is 25.3 Å². The summed E-state index contributed by atoms with van der Waals surface area (Å²) < 4.78 is 0. The zero-order chi connectivity index (χ0) is 14.7. The number of nitrogens with two attached hydrogens (primary N) is 1. The molecule has 0 aromatic heterocycles. The molecular formula is C14H22N4O2. The normalized spacial score (nSPS) is 19.2. The van der Waals surface area contributed by atoms with E-state index in [-0.39, 0.29) is 11.4 Å². The Morgan fingerprint density at radius 2 is 2.30 bits per heavy atom. The highest BCUT2D eigenvalue weighted by Crippen LogP contribution is 2.27. The number of benzene rings is 1. The van der Waals surface area contributed by atoms with Crippen molar-refractivity contribution in [2.24, 2.45) is 0 Å². The lowest BCUT2D eigenvalue weighted by Crippen LogP contribution is -2.38. The van der Waals surface area contributed by atoms with Crippen molar-refractivity contribution in [3.8, 4) is 0 Å². The summed E-state index contributed by atoms with van der Waals surface area (Å²) in [5, 5.41) is 10.8. The number of anilines is 2. The Hall–Kier alpha value is -1.82. The number of hydrogen-bond acceptors (Lipinski definition) is 5. The standard InChI is InChI=1S/C14H22N4O2/c1-3-17-8-4-5-12(17)10-16(2)11-6-7-14(18(19)20)13(15)9-11/h6-7,9,12H,3-5,8,10,15H2,1-2H3. The maximum Gasteiger partial charge on any atom is 0.292 e. The van der Waals surface area contributed by atoms with E-state index < -0.39 is 4.92 Å². The van der Waals surface area contributed by atoms with Crippen LogP contribution in [0.4, 0.5) is 17.1 Å². The number of nitrogen functional groups attached to an aromatic ring is 1. The van der Waals surface area contributed by atoms with Gasteiger partial charge in [0.2, 0.25) is 0 Å². The molecule has 1 heterocycles. The van der Waals surface area contributed by atoms with Crippen molar-refractivity contribution in [1.29, 1.82) is 0 Å².